The molecular formula is C18H23NO5S. The van der Waals surface area contributed by atoms with Crippen molar-refractivity contribution in [2.45, 2.75) is 53.1 Å². The van der Waals surface area contributed by atoms with E-state index in [-0.39, 0.29) is 11.7 Å². The minimum Gasteiger partial charge on any atom is -0.478 e. The van der Waals surface area contributed by atoms with Crippen molar-refractivity contribution in [1.82, 2.24) is 0 Å². The van der Waals surface area contributed by atoms with E-state index in [1.807, 2.05) is 0 Å². The lowest BCUT2D eigenvalue weighted by Crippen LogP contribution is -2.18. The molecule has 1 atom stereocenters. The zero-order chi connectivity index (χ0) is 18.7. The van der Waals surface area contributed by atoms with E-state index in [0.717, 1.165) is 35.8 Å². The number of hydrogen-bond donors (Lipinski definition) is 2. The number of carbonyl (C=O) groups is 3. The molecule has 0 spiro atoms. The standard InChI is InChI=1S/C18H23NO5S/c1-9(2)24-18(23)15-12-6-5-10(3)7-13(12)25-16(15)19-14(20)8-11(4)17(21)22/h8-10H,5-7H2,1-4H3,(H,19,20)(H,21,22)/b11-8+/t10-/m1/s1. The number of aliphatic carboxylic acids is 1. The number of thiophene rings is 1. The molecule has 1 aromatic heterocycles. The predicted octanol–water partition coefficient (Wildman–Crippen LogP) is 3.41. The van der Waals surface area contributed by atoms with Gasteiger partial charge in [0.15, 0.2) is 0 Å². The van der Waals surface area contributed by atoms with Crippen LogP contribution >= 0.6 is 11.3 Å². The molecule has 0 radical (unpaired) electrons. The quantitative estimate of drug-likeness (QED) is 0.616. The topological polar surface area (TPSA) is 92.7 Å². The number of carbonyl (C=O) groups excluding carboxylic acids is 2. The van der Waals surface area contributed by atoms with Crippen LogP contribution in [0.2, 0.25) is 0 Å². The maximum absolute atomic E-state index is 12.5. The van der Waals surface area contributed by atoms with Gasteiger partial charge in [0.2, 0.25) is 5.91 Å². The van der Waals surface area contributed by atoms with Gasteiger partial charge in [-0.05, 0) is 51.5 Å². The van der Waals surface area contributed by atoms with E-state index >= 15 is 0 Å². The van der Waals surface area contributed by atoms with Gasteiger partial charge in [-0.3, -0.25) is 4.79 Å². The molecule has 1 aliphatic carbocycles. The van der Waals surface area contributed by atoms with Crippen molar-refractivity contribution in [3.8, 4) is 0 Å². The van der Waals surface area contributed by atoms with E-state index in [0.29, 0.717) is 16.5 Å². The smallest absolute Gasteiger partial charge is 0.341 e. The van der Waals surface area contributed by atoms with Gasteiger partial charge in [0, 0.05) is 16.5 Å². The summed E-state index contributed by atoms with van der Waals surface area (Å²) in [6.07, 6.45) is 3.37. The van der Waals surface area contributed by atoms with Crippen LogP contribution in [-0.2, 0) is 27.2 Å². The average Bonchev–Trinajstić information content (AvgIpc) is 2.82. The van der Waals surface area contributed by atoms with E-state index in [2.05, 4.69) is 12.2 Å². The van der Waals surface area contributed by atoms with Crippen molar-refractivity contribution in [2.24, 2.45) is 5.92 Å². The largest absolute Gasteiger partial charge is 0.478 e. The second kappa shape index (κ2) is 7.82. The van der Waals surface area contributed by atoms with Crippen LogP contribution in [0.5, 0.6) is 0 Å². The highest BCUT2D eigenvalue weighted by molar-refractivity contribution is 7.17. The average molecular weight is 365 g/mol. The number of carboxylic acid groups (broad SMARTS) is 1. The molecule has 0 fully saturated rings. The number of esters is 1. The number of carboxylic acids is 1. The highest BCUT2D eigenvalue weighted by atomic mass is 32.1. The number of anilines is 1. The van der Waals surface area contributed by atoms with Gasteiger partial charge in [-0.1, -0.05) is 6.92 Å². The second-order valence-corrected chi connectivity index (χ2v) is 7.74. The molecule has 1 heterocycles. The molecule has 1 amide bonds. The molecule has 6 nitrogen and oxygen atoms in total. The molecule has 0 unspecified atom stereocenters. The van der Waals surface area contributed by atoms with Crippen molar-refractivity contribution in [1.29, 1.82) is 0 Å². The number of amides is 1. The Labute approximate surface area is 150 Å². The molecule has 0 aromatic carbocycles. The third-order valence-electron chi connectivity index (χ3n) is 3.98. The summed E-state index contributed by atoms with van der Waals surface area (Å²) in [5, 5.41) is 12.0. The van der Waals surface area contributed by atoms with E-state index in [1.165, 1.54) is 18.3 Å². The first-order valence-electron chi connectivity index (χ1n) is 8.27. The first kappa shape index (κ1) is 19.2. The Morgan fingerprint density at radius 2 is 2.04 bits per heavy atom. The van der Waals surface area contributed by atoms with E-state index in [1.54, 1.807) is 13.8 Å². The minimum absolute atomic E-state index is 0.0706. The van der Waals surface area contributed by atoms with Crippen molar-refractivity contribution < 1.29 is 24.2 Å². The minimum atomic E-state index is -1.16. The molecule has 0 saturated carbocycles. The Balaban J connectivity index is 2.36. The van der Waals surface area contributed by atoms with Gasteiger partial charge in [0.25, 0.3) is 0 Å². The van der Waals surface area contributed by atoms with Crippen LogP contribution in [0, 0.1) is 5.92 Å². The number of rotatable bonds is 5. The Morgan fingerprint density at radius 1 is 1.36 bits per heavy atom. The molecule has 25 heavy (non-hydrogen) atoms. The van der Waals surface area contributed by atoms with E-state index in [9.17, 15) is 14.4 Å². The molecule has 1 aromatic rings. The summed E-state index contributed by atoms with van der Waals surface area (Å²) in [6.45, 7) is 7.05. The van der Waals surface area contributed by atoms with Crippen LogP contribution in [-0.4, -0.2) is 29.1 Å². The summed E-state index contributed by atoms with van der Waals surface area (Å²) in [4.78, 5) is 36.6. The van der Waals surface area contributed by atoms with Crippen LogP contribution in [0.1, 0.15) is 54.9 Å². The molecule has 7 heteroatoms. The second-order valence-electron chi connectivity index (χ2n) is 6.63. The van der Waals surface area contributed by atoms with Crippen LogP contribution in [0.3, 0.4) is 0 Å². The van der Waals surface area contributed by atoms with Gasteiger partial charge >= 0.3 is 11.9 Å². The van der Waals surface area contributed by atoms with Crippen molar-refractivity contribution >= 4 is 34.2 Å². The first-order valence-corrected chi connectivity index (χ1v) is 9.08. The summed E-state index contributed by atoms with van der Waals surface area (Å²) in [5.74, 6) is -1.65. The highest BCUT2D eigenvalue weighted by Crippen LogP contribution is 2.40. The van der Waals surface area contributed by atoms with E-state index in [4.69, 9.17) is 9.84 Å². The fraction of sp³-hybridized carbons (Fsp3) is 0.500. The van der Waals surface area contributed by atoms with Gasteiger partial charge in [0.1, 0.15) is 5.00 Å². The van der Waals surface area contributed by atoms with Crippen LogP contribution in [0.25, 0.3) is 0 Å². The van der Waals surface area contributed by atoms with Crippen molar-refractivity contribution in [2.75, 3.05) is 5.32 Å². The van der Waals surface area contributed by atoms with Gasteiger partial charge in [-0.15, -0.1) is 11.3 Å². The molecule has 2 rings (SSSR count). The normalized spacial score (nSPS) is 17.2. The first-order chi connectivity index (χ1) is 11.7. The van der Waals surface area contributed by atoms with Gasteiger partial charge in [0.05, 0.1) is 11.7 Å². The summed E-state index contributed by atoms with van der Waals surface area (Å²) < 4.78 is 5.34. The fourth-order valence-corrected chi connectivity index (χ4v) is 4.14. The summed E-state index contributed by atoms with van der Waals surface area (Å²) in [5.41, 5.74) is 1.29. The highest BCUT2D eigenvalue weighted by Gasteiger charge is 2.29. The predicted molar refractivity (Wildman–Crippen MR) is 96.1 cm³/mol. The number of nitrogens with one attached hydrogen (secondary N) is 1. The van der Waals surface area contributed by atoms with Crippen LogP contribution < -0.4 is 5.32 Å². The molecule has 0 bridgehead atoms. The summed E-state index contributed by atoms with van der Waals surface area (Å²) in [6, 6.07) is 0. The zero-order valence-electron chi connectivity index (χ0n) is 14.8. The lowest BCUT2D eigenvalue weighted by atomic mass is 9.88. The lowest BCUT2D eigenvalue weighted by Gasteiger charge is -2.18. The van der Waals surface area contributed by atoms with Gasteiger partial charge in [-0.25, -0.2) is 9.59 Å². The third kappa shape index (κ3) is 4.69. The molecule has 136 valence electrons. The van der Waals surface area contributed by atoms with E-state index < -0.39 is 17.8 Å². The third-order valence-corrected chi connectivity index (χ3v) is 5.15. The fourth-order valence-electron chi connectivity index (χ4n) is 2.73. The Morgan fingerprint density at radius 3 is 2.64 bits per heavy atom. The molecule has 1 aliphatic rings. The Kier molecular flexibility index (Phi) is 6.00. The van der Waals surface area contributed by atoms with Crippen molar-refractivity contribution in [3.63, 3.8) is 0 Å². The molecular weight excluding hydrogens is 342 g/mol. The zero-order valence-corrected chi connectivity index (χ0v) is 15.7. The Hall–Kier alpha value is -2.15. The van der Waals surface area contributed by atoms with Crippen LogP contribution in [0.4, 0.5) is 5.00 Å². The van der Waals surface area contributed by atoms with Gasteiger partial charge in [-0.2, -0.15) is 0 Å². The maximum Gasteiger partial charge on any atom is 0.341 e. The lowest BCUT2D eigenvalue weighted by molar-refractivity contribution is -0.132. The van der Waals surface area contributed by atoms with Crippen molar-refractivity contribution in [3.05, 3.63) is 27.7 Å². The number of fused-ring (bicyclic) bond motifs is 1. The van der Waals surface area contributed by atoms with Crippen LogP contribution in [0.15, 0.2) is 11.6 Å². The van der Waals surface area contributed by atoms with Gasteiger partial charge < -0.3 is 15.2 Å². The molecule has 0 aliphatic heterocycles. The SMILES string of the molecule is C/C(=C\C(=O)Nc1sc2c(c1C(=O)OC(C)C)CC[C@@H](C)C2)C(=O)O. The summed E-state index contributed by atoms with van der Waals surface area (Å²) >= 11 is 1.38. The Bertz CT molecular complexity index is 732. The maximum atomic E-state index is 12.5. The monoisotopic (exact) mass is 365 g/mol. The molecule has 2 N–H and O–H groups in total. The number of hydrogen-bond acceptors (Lipinski definition) is 5. The molecule has 0 saturated heterocycles. The summed E-state index contributed by atoms with van der Waals surface area (Å²) in [7, 11) is 0. The number of ether oxygens (including phenoxy) is 1.